The summed E-state index contributed by atoms with van der Waals surface area (Å²) in [4.78, 5) is 11.9. The molecule has 4 heteroatoms. The Morgan fingerprint density at radius 2 is 2.11 bits per heavy atom. The van der Waals surface area contributed by atoms with Crippen LogP contribution in [-0.2, 0) is 4.74 Å². The number of para-hydroxylation sites is 1. The van der Waals surface area contributed by atoms with E-state index in [4.69, 9.17) is 9.47 Å². The van der Waals surface area contributed by atoms with Gasteiger partial charge in [0.1, 0.15) is 11.4 Å². The number of hydrogen-bond acceptors (Lipinski definition) is 3. The smallest absolute Gasteiger partial charge is 0.408 e. The van der Waals surface area contributed by atoms with Crippen LogP contribution in [0.5, 0.6) is 5.75 Å². The maximum Gasteiger partial charge on any atom is 0.408 e. The Labute approximate surface area is 114 Å². The average Bonchev–Trinajstić information content (AvgIpc) is 2.50. The summed E-state index contributed by atoms with van der Waals surface area (Å²) in [6.07, 6.45) is 1.39. The van der Waals surface area contributed by atoms with Gasteiger partial charge in [0.2, 0.25) is 0 Å². The van der Waals surface area contributed by atoms with Crippen molar-refractivity contribution in [3.8, 4) is 5.75 Å². The second kappa shape index (κ2) is 5.51. The fraction of sp³-hybridized carbons (Fsp3) is 0.533. The molecule has 1 amide bonds. The molecular formula is C15H21NO3. The van der Waals surface area contributed by atoms with Crippen molar-refractivity contribution in [2.45, 2.75) is 45.3 Å². The molecule has 0 bridgehead atoms. The Morgan fingerprint density at radius 1 is 1.37 bits per heavy atom. The number of amides is 1. The Morgan fingerprint density at radius 3 is 2.84 bits per heavy atom. The first kappa shape index (κ1) is 13.7. The van der Waals surface area contributed by atoms with Gasteiger partial charge in [0.25, 0.3) is 0 Å². The number of benzene rings is 1. The van der Waals surface area contributed by atoms with Crippen molar-refractivity contribution >= 4 is 6.09 Å². The normalized spacial score (nSPS) is 18.8. The van der Waals surface area contributed by atoms with E-state index >= 15 is 0 Å². The van der Waals surface area contributed by atoms with Crippen molar-refractivity contribution < 1.29 is 14.3 Å². The van der Waals surface area contributed by atoms with E-state index in [1.54, 1.807) is 0 Å². The minimum atomic E-state index is -0.481. The van der Waals surface area contributed by atoms with Gasteiger partial charge in [-0.2, -0.15) is 0 Å². The lowest BCUT2D eigenvalue weighted by Crippen LogP contribution is -2.34. The molecule has 0 spiro atoms. The summed E-state index contributed by atoms with van der Waals surface area (Å²) in [5.41, 5.74) is 0.538. The van der Waals surface area contributed by atoms with Crippen LogP contribution in [0, 0.1) is 0 Å². The van der Waals surface area contributed by atoms with Gasteiger partial charge in [-0.1, -0.05) is 18.2 Å². The number of fused-ring (bicyclic) bond motifs is 1. The summed E-state index contributed by atoms with van der Waals surface area (Å²) < 4.78 is 11.0. The van der Waals surface area contributed by atoms with E-state index in [0.717, 1.165) is 24.2 Å². The molecule has 0 fully saturated rings. The highest BCUT2D eigenvalue weighted by molar-refractivity contribution is 5.68. The molecule has 0 aromatic heterocycles. The predicted molar refractivity (Wildman–Crippen MR) is 73.3 cm³/mol. The van der Waals surface area contributed by atoms with Gasteiger partial charge in [-0.3, -0.25) is 0 Å². The number of carbonyl (C=O) groups excluding carboxylic acids is 1. The van der Waals surface area contributed by atoms with Crippen LogP contribution in [0.1, 0.15) is 45.2 Å². The van der Waals surface area contributed by atoms with Gasteiger partial charge < -0.3 is 14.8 Å². The van der Waals surface area contributed by atoms with Crippen molar-refractivity contribution in [3.63, 3.8) is 0 Å². The Balaban J connectivity index is 2.10. The molecule has 1 aromatic carbocycles. The van der Waals surface area contributed by atoms with Gasteiger partial charge >= 0.3 is 6.09 Å². The first-order valence-electron chi connectivity index (χ1n) is 6.67. The zero-order valence-corrected chi connectivity index (χ0v) is 11.7. The van der Waals surface area contributed by atoms with E-state index in [-0.39, 0.29) is 12.1 Å². The van der Waals surface area contributed by atoms with E-state index < -0.39 is 5.60 Å². The summed E-state index contributed by atoms with van der Waals surface area (Å²) in [5, 5.41) is 2.93. The quantitative estimate of drug-likeness (QED) is 0.844. The van der Waals surface area contributed by atoms with Crippen LogP contribution < -0.4 is 10.1 Å². The molecule has 1 heterocycles. The van der Waals surface area contributed by atoms with Gasteiger partial charge in [0.05, 0.1) is 12.6 Å². The summed E-state index contributed by atoms with van der Waals surface area (Å²) in [6.45, 7) is 6.26. The fourth-order valence-corrected chi connectivity index (χ4v) is 2.12. The maximum absolute atomic E-state index is 11.9. The second-order valence-electron chi connectivity index (χ2n) is 5.73. The Hall–Kier alpha value is -1.71. The molecule has 2 rings (SSSR count). The summed E-state index contributed by atoms with van der Waals surface area (Å²) in [7, 11) is 0. The highest BCUT2D eigenvalue weighted by Gasteiger charge is 2.23. The first-order chi connectivity index (χ1) is 8.96. The van der Waals surface area contributed by atoms with Crippen molar-refractivity contribution in [2.24, 2.45) is 0 Å². The second-order valence-corrected chi connectivity index (χ2v) is 5.73. The molecule has 0 radical (unpaired) electrons. The molecule has 1 aromatic rings. The Bertz CT molecular complexity index is 451. The third-order valence-electron chi connectivity index (χ3n) is 2.88. The van der Waals surface area contributed by atoms with Crippen molar-refractivity contribution in [1.82, 2.24) is 5.32 Å². The molecule has 0 saturated carbocycles. The molecule has 1 N–H and O–H groups in total. The number of alkyl carbamates (subject to hydrolysis) is 1. The average molecular weight is 263 g/mol. The van der Waals surface area contributed by atoms with E-state index in [1.807, 2.05) is 45.0 Å². The topological polar surface area (TPSA) is 47.6 Å². The fourth-order valence-electron chi connectivity index (χ4n) is 2.12. The van der Waals surface area contributed by atoms with Crippen molar-refractivity contribution in [2.75, 3.05) is 6.61 Å². The number of hydrogen-bond donors (Lipinski definition) is 1. The minimum absolute atomic E-state index is 0.0476. The predicted octanol–water partition coefficient (Wildman–Crippen LogP) is 3.43. The molecule has 1 aliphatic heterocycles. The third-order valence-corrected chi connectivity index (χ3v) is 2.88. The van der Waals surface area contributed by atoms with Crippen LogP contribution in [0.3, 0.4) is 0 Å². The molecule has 0 aliphatic carbocycles. The molecule has 1 aliphatic rings. The zero-order chi connectivity index (χ0) is 13.9. The number of carbonyl (C=O) groups is 1. The van der Waals surface area contributed by atoms with E-state index in [0.29, 0.717) is 6.61 Å². The molecule has 4 nitrogen and oxygen atoms in total. The highest BCUT2D eigenvalue weighted by atomic mass is 16.6. The van der Waals surface area contributed by atoms with Crippen LogP contribution in [-0.4, -0.2) is 18.3 Å². The number of ether oxygens (including phenoxy) is 2. The SMILES string of the molecule is CC(C)(C)OC(=O)N[C@H]1CCCOc2ccccc21. The zero-order valence-electron chi connectivity index (χ0n) is 11.7. The lowest BCUT2D eigenvalue weighted by Gasteiger charge is -2.23. The van der Waals surface area contributed by atoms with Crippen LogP contribution in [0.4, 0.5) is 4.79 Å². The van der Waals surface area contributed by atoms with Gasteiger partial charge in [0, 0.05) is 5.56 Å². The summed E-state index contributed by atoms with van der Waals surface area (Å²) >= 11 is 0. The van der Waals surface area contributed by atoms with E-state index in [9.17, 15) is 4.79 Å². The molecule has 19 heavy (non-hydrogen) atoms. The maximum atomic E-state index is 11.9. The van der Waals surface area contributed by atoms with Gasteiger partial charge in [-0.05, 0) is 39.7 Å². The van der Waals surface area contributed by atoms with Crippen molar-refractivity contribution in [3.05, 3.63) is 29.8 Å². The third kappa shape index (κ3) is 3.88. The molecular weight excluding hydrogens is 242 g/mol. The van der Waals surface area contributed by atoms with Crippen LogP contribution in [0.2, 0.25) is 0 Å². The first-order valence-corrected chi connectivity index (χ1v) is 6.67. The van der Waals surface area contributed by atoms with E-state index in [1.165, 1.54) is 0 Å². The Kier molecular flexibility index (Phi) is 3.98. The van der Waals surface area contributed by atoms with Crippen LogP contribution in [0.15, 0.2) is 24.3 Å². The van der Waals surface area contributed by atoms with Crippen molar-refractivity contribution in [1.29, 1.82) is 0 Å². The van der Waals surface area contributed by atoms with Gasteiger partial charge in [-0.15, -0.1) is 0 Å². The number of nitrogens with one attached hydrogen (secondary N) is 1. The van der Waals surface area contributed by atoms with Crippen LogP contribution in [0.25, 0.3) is 0 Å². The highest BCUT2D eigenvalue weighted by Crippen LogP contribution is 2.31. The lowest BCUT2D eigenvalue weighted by molar-refractivity contribution is 0.0501. The standard InChI is InChI=1S/C15H21NO3/c1-15(2,3)19-14(17)16-12-8-6-10-18-13-9-5-4-7-11(12)13/h4-5,7,9,12H,6,8,10H2,1-3H3,(H,16,17)/t12-/m0/s1. The van der Waals surface area contributed by atoms with E-state index in [2.05, 4.69) is 5.32 Å². The molecule has 1 atom stereocenters. The molecule has 0 unspecified atom stereocenters. The van der Waals surface area contributed by atoms with Crippen LogP contribution >= 0.6 is 0 Å². The molecule has 104 valence electrons. The molecule has 0 saturated heterocycles. The lowest BCUT2D eigenvalue weighted by atomic mass is 10.0. The number of rotatable bonds is 1. The minimum Gasteiger partial charge on any atom is -0.493 e. The largest absolute Gasteiger partial charge is 0.493 e. The van der Waals surface area contributed by atoms with Gasteiger partial charge in [-0.25, -0.2) is 4.79 Å². The van der Waals surface area contributed by atoms with Gasteiger partial charge in [0.15, 0.2) is 0 Å². The summed E-state index contributed by atoms with van der Waals surface area (Å²) in [5.74, 6) is 0.848. The summed E-state index contributed by atoms with van der Waals surface area (Å²) in [6, 6.07) is 7.77. The monoisotopic (exact) mass is 263 g/mol.